The van der Waals surface area contributed by atoms with E-state index in [0.29, 0.717) is 12.4 Å². The van der Waals surface area contributed by atoms with Gasteiger partial charge in [0.2, 0.25) is 5.91 Å². The Labute approximate surface area is 156 Å². The van der Waals surface area contributed by atoms with Gasteiger partial charge in [-0.3, -0.25) is 9.36 Å². The summed E-state index contributed by atoms with van der Waals surface area (Å²) >= 11 is 5.99. The lowest BCUT2D eigenvalue weighted by atomic mass is 10.2. The summed E-state index contributed by atoms with van der Waals surface area (Å²) in [7, 11) is 3.15. The summed E-state index contributed by atoms with van der Waals surface area (Å²) < 4.78 is 40.8. The van der Waals surface area contributed by atoms with E-state index in [-0.39, 0.29) is 36.4 Å². The van der Waals surface area contributed by atoms with Gasteiger partial charge in [0.15, 0.2) is 5.82 Å². The zero-order valence-corrected chi connectivity index (χ0v) is 15.3. The minimum Gasteiger partial charge on any atom is -0.347 e. The minimum absolute atomic E-state index is 0.135. The highest BCUT2D eigenvalue weighted by atomic mass is 35.5. The van der Waals surface area contributed by atoms with Crippen LogP contribution in [0.15, 0.2) is 17.1 Å². The zero-order chi connectivity index (χ0) is 19.9. The van der Waals surface area contributed by atoms with E-state index in [1.165, 1.54) is 9.47 Å². The standard InChI is InChI=1S/C15H16ClF3N6O2/c1-22(2)12(26)8-25-14(27)24-4-3-23(7-11(24)21-25)13-10(16)5-9(6-20-13)15(17,18)19/h5-6H,3-4,7-8H2,1-2H3. The molecule has 8 nitrogen and oxygen atoms in total. The normalized spacial score (nSPS) is 14.2. The molecular weight excluding hydrogens is 389 g/mol. The van der Waals surface area contributed by atoms with Crippen molar-refractivity contribution in [2.45, 2.75) is 25.8 Å². The first-order valence-corrected chi connectivity index (χ1v) is 8.30. The van der Waals surface area contributed by atoms with E-state index in [2.05, 4.69) is 10.1 Å². The average Bonchev–Trinajstić information content (AvgIpc) is 2.89. The molecule has 1 amide bonds. The minimum atomic E-state index is -4.53. The van der Waals surface area contributed by atoms with Crippen LogP contribution in [0.25, 0.3) is 0 Å². The molecule has 0 saturated heterocycles. The summed E-state index contributed by atoms with van der Waals surface area (Å²) in [5, 5.41) is 4.03. The van der Waals surface area contributed by atoms with Gasteiger partial charge in [-0.05, 0) is 6.07 Å². The van der Waals surface area contributed by atoms with Gasteiger partial charge >= 0.3 is 11.9 Å². The van der Waals surface area contributed by atoms with Crippen LogP contribution in [0.3, 0.4) is 0 Å². The van der Waals surface area contributed by atoms with Gasteiger partial charge in [-0.2, -0.15) is 18.3 Å². The van der Waals surface area contributed by atoms with Gasteiger partial charge in [0.25, 0.3) is 0 Å². The number of carbonyl (C=O) groups is 1. The number of carbonyl (C=O) groups excluding carboxylic acids is 1. The molecule has 27 heavy (non-hydrogen) atoms. The number of amides is 1. The van der Waals surface area contributed by atoms with Gasteiger partial charge in [-0.25, -0.2) is 14.5 Å². The molecule has 0 aliphatic carbocycles. The molecular formula is C15H16ClF3N6O2. The lowest BCUT2D eigenvalue weighted by Crippen LogP contribution is -2.39. The van der Waals surface area contributed by atoms with Crippen LogP contribution >= 0.6 is 11.6 Å². The summed E-state index contributed by atoms with van der Waals surface area (Å²) in [5.41, 5.74) is -1.34. The molecule has 0 fully saturated rings. The first kappa shape index (κ1) is 19.2. The molecule has 0 atom stereocenters. The van der Waals surface area contributed by atoms with Crippen molar-refractivity contribution in [1.29, 1.82) is 0 Å². The molecule has 0 unspecified atom stereocenters. The van der Waals surface area contributed by atoms with E-state index >= 15 is 0 Å². The molecule has 0 aromatic carbocycles. The largest absolute Gasteiger partial charge is 0.417 e. The third-order valence-electron chi connectivity index (χ3n) is 4.16. The van der Waals surface area contributed by atoms with Crippen LogP contribution < -0.4 is 10.6 Å². The summed E-state index contributed by atoms with van der Waals surface area (Å²) in [6.07, 6.45) is -3.81. The molecule has 2 aromatic rings. The lowest BCUT2D eigenvalue weighted by Gasteiger charge is -2.28. The quantitative estimate of drug-likeness (QED) is 0.769. The van der Waals surface area contributed by atoms with Crippen LogP contribution in [0.5, 0.6) is 0 Å². The average molecular weight is 405 g/mol. The molecule has 1 aliphatic rings. The molecule has 1 aliphatic heterocycles. The molecule has 0 radical (unpaired) electrons. The van der Waals surface area contributed by atoms with Crippen molar-refractivity contribution < 1.29 is 18.0 Å². The Hall–Kier alpha value is -2.56. The van der Waals surface area contributed by atoms with Crippen LogP contribution in [0.1, 0.15) is 11.4 Å². The van der Waals surface area contributed by atoms with E-state index < -0.39 is 17.4 Å². The fourth-order valence-corrected chi connectivity index (χ4v) is 2.96. The van der Waals surface area contributed by atoms with Gasteiger partial charge in [0.1, 0.15) is 12.4 Å². The Morgan fingerprint density at radius 2 is 2.04 bits per heavy atom. The molecule has 3 heterocycles. The number of alkyl halides is 3. The predicted octanol–water partition coefficient (Wildman–Crippen LogP) is 1.22. The molecule has 12 heteroatoms. The van der Waals surface area contributed by atoms with E-state index in [9.17, 15) is 22.8 Å². The fourth-order valence-electron chi connectivity index (χ4n) is 2.67. The number of pyridine rings is 1. The number of halogens is 4. The van der Waals surface area contributed by atoms with E-state index in [1.807, 2.05) is 0 Å². The molecule has 0 spiro atoms. The van der Waals surface area contributed by atoms with Crippen molar-refractivity contribution in [1.82, 2.24) is 24.2 Å². The first-order valence-electron chi connectivity index (χ1n) is 7.92. The van der Waals surface area contributed by atoms with Crippen molar-refractivity contribution in [2.24, 2.45) is 0 Å². The van der Waals surface area contributed by atoms with Crippen LogP contribution in [-0.2, 0) is 30.6 Å². The van der Waals surface area contributed by atoms with Crippen LogP contribution in [0.4, 0.5) is 19.0 Å². The third kappa shape index (κ3) is 3.77. The topological polar surface area (TPSA) is 76.3 Å². The van der Waals surface area contributed by atoms with Crippen molar-refractivity contribution in [3.05, 3.63) is 39.2 Å². The number of hydrogen-bond acceptors (Lipinski definition) is 5. The number of rotatable bonds is 3. The van der Waals surface area contributed by atoms with E-state index in [1.54, 1.807) is 19.0 Å². The highest BCUT2D eigenvalue weighted by Gasteiger charge is 2.32. The molecule has 2 aromatic heterocycles. The van der Waals surface area contributed by atoms with Crippen molar-refractivity contribution in [3.63, 3.8) is 0 Å². The molecule has 0 N–H and O–H groups in total. The van der Waals surface area contributed by atoms with Gasteiger partial charge in [-0.1, -0.05) is 11.6 Å². The van der Waals surface area contributed by atoms with Crippen molar-refractivity contribution in [3.8, 4) is 0 Å². The Morgan fingerprint density at radius 3 is 2.63 bits per heavy atom. The zero-order valence-electron chi connectivity index (χ0n) is 14.5. The molecule has 0 saturated carbocycles. The predicted molar refractivity (Wildman–Crippen MR) is 90.5 cm³/mol. The molecule has 3 rings (SSSR count). The SMILES string of the molecule is CN(C)C(=O)Cn1nc2n(c1=O)CCN(c1ncc(C(F)(F)F)cc1Cl)C2. The molecule has 146 valence electrons. The van der Waals surface area contributed by atoms with Crippen LogP contribution in [0.2, 0.25) is 5.02 Å². The Balaban J connectivity index is 1.85. The van der Waals surface area contributed by atoms with Crippen molar-refractivity contribution in [2.75, 3.05) is 25.5 Å². The first-order chi connectivity index (χ1) is 12.6. The maximum Gasteiger partial charge on any atom is 0.417 e. The summed E-state index contributed by atoms with van der Waals surface area (Å²) in [6, 6.07) is 0.819. The fraction of sp³-hybridized carbons (Fsp3) is 0.467. The number of anilines is 1. The summed E-state index contributed by atoms with van der Waals surface area (Å²) in [5.74, 6) is 0.287. The number of aromatic nitrogens is 4. The highest BCUT2D eigenvalue weighted by Crippen LogP contribution is 2.34. The summed E-state index contributed by atoms with van der Waals surface area (Å²) in [4.78, 5) is 31.0. The van der Waals surface area contributed by atoms with Gasteiger partial charge < -0.3 is 9.80 Å². The lowest BCUT2D eigenvalue weighted by molar-refractivity contribution is -0.137. The third-order valence-corrected chi connectivity index (χ3v) is 4.44. The van der Waals surface area contributed by atoms with Gasteiger partial charge in [0.05, 0.1) is 17.1 Å². The maximum atomic E-state index is 12.8. The van der Waals surface area contributed by atoms with E-state index in [4.69, 9.17) is 11.6 Å². The number of hydrogen-bond donors (Lipinski definition) is 0. The monoisotopic (exact) mass is 404 g/mol. The second kappa shape index (κ2) is 6.87. The van der Waals surface area contributed by atoms with Crippen LogP contribution in [-0.4, -0.2) is 50.8 Å². The number of likely N-dealkylation sites (N-methyl/N-ethyl adjacent to an activating group) is 1. The summed E-state index contributed by atoms with van der Waals surface area (Å²) in [6.45, 7) is 0.517. The van der Waals surface area contributed by atoms with Gasteiger partial charge in [-0.15, -0.1) is 0 Å². The van der Waals surface area contributed by atoms with Gasteiger partial charge in [0, 0.05) is 33.4 Å². The second-order valence-corrected chi connectivity index (χ2v) is 6.65. The highest BCUT2D eigenvalue weighted by molar-refractivity contribution is 6.33. The Kier molecular flexibility index (Phi) is 4.89. The number of nitrogens with zero attached hydrogens (tertiary/aromatic N) is 6. The Bertz CT molecular complexity index is 937. The smallest absolute Gasteiger partial charge is 0.347 e. The van der Waals surface area contributed by atoms with E-state index in [0.717, 1.165) is 16.9 Å². The van der Waals surface area contributed by atoms with Crippen LogP contribution in [0, 0.1) is 0 Å². The second-order valence-electron chi connectivity index (χ2n) is 6.24. The van der Waals surface area contributed by atoms with Crippen molar-refractivity contribution >= 4 is 23.3 Å². The Morgan fingerprint density at radius 1 is 1.33 bits per heavy atom. The number of fused-ring (bicyclic) bond motifs is 1. The molecule has 0 bridgehead atoms. The maximum absolute atomic E-state index is 12.8.